The third-order valence-corrected chi connectivity index (χ3v) is 7.02. The largest absolute Gasteiger partial charge is 0.507 e. The van der Waals surface area contributed by atoms with Crippen molar-refractivity contribution in [2.45, 2.75) is 33.1 Å². The molecule has 4 aromatic carbocycles. The maximum Gasteiger partial charge on any atom is 0.127 e. The number of phenolic OH excluding ortho intramolecular Hbond substituents is 2. The Bertz CT molecular complexity index is 1660. The van der Waals surface area contributed by atoms with E-state index in [1.165, 1.54) is 0 Å². The van der Waals surface area contributed by atoms with E-state index in [1.54, 1.807) is 0 Å². The topological polar surface area (TPSA) is 124 Å². The van der Waals surface area contributed by atoms with Gasteiger partial charge in [-0.1, -0.05) is 53.7 Å². The predicted octanol–water partition coefficient (Wildman–Crippen LogP) is 6.13. The summed E-state index contributed by atoms with van der Waals surface area (Å²) >= 11 is 0. The number of aromatic hydroxyl groups is 2. The molecule has 0 aliphatic rings. The first-order chi connectivity index (χ1) is 18.0. The maximum absolute atomic E-state index is 11.6. The van der Waals surface area contributed by atoms with Gasteiger partial charge in [0.15, 0.2) is 0 Å². The van der Waals surface area contributed by atoms with E-state index in [0.29, 0.717) is 28.6 Å². The molecule has 0 fully saturated rings. The number of H-pyrrole nitrogens is 2. The third kappa shape index (κ3) is 3.69. The highest BCUT2D eigenvalue weighted by Gasteiger charge is 2.25. The molecule has 2 heterocycles. The second kappa shape index (κ2) is 8.74. The summed E-state index contributed by atoms with van der Waals surface area (Å²) in [5.41, 5.74) is 9.49. The van der Waals surface area contributed by atoms with Crippen LogP contribution in [0.25, 0.3) is 44.3 Å². The lowest BCUT2D eigenvalue weighted by Gasteiger charge is -2.23. The lowest BCUT2D eigenvalue weighted by atomic mass is 9.83. The van der Waals surface area contributed by atoms with Crippen LogP contribution >= 0.6 is 0 Å². The minimum Gasteiger partial charge on any atom is -0.507 e. The van der Waals surface area contributed by atoms with Crippen LogP contribution in [0.1, 0.15) is 41.5 Å². The molecular formula is C29H26N6O2. The molecule has 6 rings (SSSR count). The Morgan fingerprint density at radius 2 is 1.14 bits per heavy atom. The molecule has 0 amide bonds. The zero-order chi connectivity index (χ0) is 25.7. The van der Waals surface area contributed by atoms with Crippen LogP contribution in [0.5, 0.6) is 11.5 Å². The normalized spacial score (nSPS) is 11.7. The van der Waals surface area contributed by atoms with Gasteiger partial charge in [0.05, 0.1) is 11.0 Å². The molecular weight excluding hydrogens is 464 g/mol. The number of aromatic amines is 2. The second-order valence-electron chi connectivity index (χ2n) is 9.49. The second-order valence-corrected chi connectivity index (χ2v) is 9.49. The molecule has 0 aliphatic heterocycles. The van der Waals surface area contributed by atoms with Crippen molar-refractivity contribution in [3.63, 3.8) is 0 Å². The van der Waals surface area contributed by atoms with Crippen molar-refractivity contribution >= 4 is 22.1 Å². The van der Waals surface area contributed by atoms with Crippen LogP contribution in [-0.2, 0) is 0 Å². The van der Waals surface area contributed by atoms with Crippen molar-refractivity contribution in [1.29, 1.82) is 0 Å². The molecule has 8 nitrogen and oxygen atoms in total. The number of fused-ring (bicyclic) bond motifs is 2. The first-order valence-electron chi connectivity index (χ1n) is 12.2. The van der Waals surface area contributed by atoms with Gasteiger partial charge in [0.1, 0.15) is 22.5 Å². The van der Waals surface area contributed by atoms with E-state index in [9.17, 15) is 10.2 Å². The Labute approximate surface area is 213 Å². The Morgan fingerprint density at radius 3 is 1.57 bits per heavy atom. The van der Waals surface area contributed by atoms with Crippen LogP contribution in [0.2, 0.25) is 0 Å². The van der Waals surface area contributed by atoms with E-state index in [2.05, 4.69) is 37.7 Å². The van der Waals surface area contributed by atoms with Crippen LogP contribution in [0, 0.1) is 13.8 Å². The predicted molar refractivity (Wildman–Crippen MR) is 144 cm³/mol. The van der Waals surface area contributed by atoms with Gasteiger partial charge in [-0.25, -0.2) is 0 Å². The Balaban J connectivity index is 1.55. The Morgan fingerprint density at radius 1 is 0.676 bits per heavy atom. The van der Waals surface area contributed by atoms with Crippen molar-refractivity contribution in [1.82, 2.24) is 30.8 Å². The molecule has 8 heteroatoms. The summed E-state index contributed by atoms with van der Waals surface area (Å²) in [5, 5.41) is 45.4. The van der Waals surface area contributed by atoms with Crippen molar-refractivity contribution in [3.8, 4) is 33.8 Å². The number of benzene rings is 4. The van der Waals surface area contributed by atoms with E-state index in [-0.39, 0.29) is 17.4 Å². The van der Waals surface area contributed by atoms with Gasteiger partial charge in [0, 0.05) is 39.3 Å². The quantitative estimate of drug-likeness (QED) is 0.230. The first-order valence-corrected chi connectivity index (χ1v) is 12.2. The molecule has 0 saturated heterocycles. The van der Waals surface area contributed by atoms with Gasteiger partial charge in [-0.15, -0.1) is 10.2 Å². The van der Waals surface area contributed by atoms with Crippen molar-refractivity contribution in [3.05, 3.63) is 82.9 Å². The van der Waals surface area contributed by atoms with Crippen LogP contribution in [-0.4, -0.2) is 41.0 Å². The van der Waals surface area contributed by atoms with Gasteiger partial charge < -0.3 is 10.2 Å². The number of nitrogens with one attached hydrogen (secondary N) is 2. The van der Waals surface area contributed by atoms with E-state index in [0.717, 1.165) is 44.4 Å². The molecule has 0 unspecified atom stereocenters. The van der Waals surface area contributed by atoms with E-state index in [4.69, 9.17) is 0 Å². The number of nitrogens with zero attached hydrogens (tertiary/aromatic N) is 4. The molecule has 0 saturated carbocycles. The highest BCUT2D eigenvalue weighted by atomic mass is 16.3. The van der Waals surface area contributed by atoms with Gasteiger partial charge in [0.2, 0.25) is 0 Å². The van der Waals surface area contributed by atoms with Gasteiger partial charge in [-0.3, -0.25) is 10.2 Å². The molecule has 0 atom stereocenters. The van der Waals surface area contributed by atoms with Gasteiger partial charge >= 0.3 is 0 Å². The number of rotatable bonds is 5. The fourth-order valence-electron chi connectivity index (χ4n) is 5.34. The van der Waals surface area contributed by atoms with Crippen molar-refractivity contribution < 1.29 is 10.2 Å². The summed E-state index contributed by atoms with van der Waals surface area (Å²) in [5.74, 6) is 0.105. The summed E-state index contributed by atoms with van der Waals surface area (Å²) in [6, 6.07) is 19.4. The fourth-order valence-corrected chi connectivity index (χ4v) is 5.34. The number of hydrogen-bond acceptors (Lipinski definition) is 6. The summed E-state index contributed by atoms with van der Waals surface area (Å²) in [6.45, 7) is 6.08. The number of aromatic nitrogens is 6. The smallest absolute Gasteiger partial charge is 0.127 e. The average molecular weight is 491 g/mol. The van der Waals surface area contributed by atoms with Gasteiger partial charge in [-0.05, 0) is 55.7 Å². The molecule has 37 heavy (non-hydrogen) atoms. The minimum absolute atomic E-state index is 0.175. The number of aryl methyl sites for hydroxylation is 2. The van der Waals surface area contributed by atoms with E-state index < -0.39 is 0 Å². The molecule has 0 aliphatic carbocycles. The lowest BCUT2D eigenvalue weighted by molar-refractivity contribution is 0.454. The highest BCUT2D eigenvalue weighted by molar-refractivity contribution is 5.95. The van der Waals surface area contributed by atoms with E-state index >= 15 is 0 Å². The lowest BCUT2D eigenvalue weighted by Crippen LogP contribution is -2.04. The van der Waals surface area contributed by atoms with Crippen molar-refractivity contribution in [2.24, 2.45) is 0 Å². The first kappa shape index (κ1) is 22.7. The average Bonchev–Trinajstić information content (AvgIpc) is 3.57. The minimum atomic E-state index is -0.245. The third-order valence-electron chi connectivity index (χ3n) is 7.02. The van der Waals surface area contributed by atoms with Crippen LogP contribution < -0.4 is 0 Å². The van der Waals surface area contributed by atoms with Gasteiger partial charge in [-0.2, -0.15) is 0 Å². The Hall–Kier alpha value is -4.72. The zero-order valence-electron chi connectivity index (χ0n) is 20.7. The summed E-state index contributed by atoms with van der Waals surface area (Å²) in [7, 11) is 0. The van der Waals surface area contributed by atoms with Crippen molar-refractivity contribution in [2.75, 3.05) is 0 Å². The SMILES string of the molecule is CCC(c1cc(C)cc(-c2cccc3[nH]nnc23)c1O)c1cc(C)cc(-c2cccc3[nH]nnc23)c1O. The summed E-state index contributed by atoms with van der Waals surface area (Å²) in [4.78, 5) is 0. The fraction of sp³-hybridized carbons (Fsp3) is 0.172. The molecule has 184 valence electrons. The molecule has 4 N–H and O–H groups in total. The van der Waals surface area contributed by atoms with Crippen LogP contribution in [0.15, 0.2) is 60.7 Å². The zero-order valence-corrected chi connectivity index (χ0v) is 20.7. The highest BCUT2D eigenvalue weighted by Crippen LogP contribution is 2.46. The van der Waals surface area contributed by atoms with Crippen LogP contribution in [0.3, 0.4) is 0 Å². The molecule has 6 aromatic rings. The number of hydrogen-bond donors (Lipinski definition) is 4. The molecule has 2 aromatic heterocycles. The molecule has 0 radical (unpaired) electrons. The standard InChI is InChI=1S/C29H26N6O2/c1-4-17(20-11-15(2)13-22(28(20)36)18-7-5-9-24-26(18)32-34-30-24)21-12-16(3)14-23(29(21)37)19-8-6-10-25-27(19)33-35-31-25/h5-14,17,36-37H,4H2,1-3H3,(H,30,32,34)(H,31,33,35). The van der Waals surface area contributed by atoms with E-state index in [1.807, 2.05) is 74.5 Å². The maximum atomic E-state index is 11.6. The summed E-state index contributed by atoms with van der Waals surface area (Å²) in [6.07, 6.45) is 0.676. The van der Waals surface area contributed by atoms with Gasteiger partial charge in [0.25, 0.3) is 0 Å². The number of phenols is 2. The summed E-state index contributed by atoms with van der Waals surface area (Å²) < 4.78 is 0. The Kier molecular flexibility index (Phi) is 5.37. The molecule has 0 bridgehead atoms. The monoisotopic (exact) mass is 490 g/mol. The van der Waals surface area contributed by atoms with Crippen LogP contribution in [0.4, 0.5) is 0 Å². The molecule has 0 spiro atoms.